The smallest absolute Gasteiger partial charge is 0.343 e. The van der Waals surface area contributed by atoms with E-state index in [4.69, 9.17) is 19.7 Å². The molecule has 0 radical (unpaired) electrons. The number of aromatic carboxylic acids is 1. The first-order valence-corrected chi connectivity index (χ1v) is 3.76. The van der Waals surface area contributed by atoms with E-state index in [0.717, 1.165) is 6.92 Å². The molecule has 2 N–H and O–H groups in total. The summed E-state index contributed by atoms with van der Waals surface area (Å²) in [5.74, 6) is -0.827. The fourth-order valence-electron chi connectivity index (χ4n) is 0.964. The molecule has 14 heavy (non-hydrogen) atoms. The summed E-state index contributed by atoms with van der Waals surface area (Å²) in [6.45, 7) is 1.08. The lowest BCUT2D eigenvalue weighted by Gasteiger charge is -2.19. The van der Waals surface area contributed by atoms with Gasteiger partial charge in [0, 0.05) is 6.92 Å². The van der Waals surface area contributed by atoms with E-state index in [1.807, 2.05) is 0 Å². The molecule has 0 aliphatic carbocycles. The van der Waals surface area contributed by atoms with E-state index in [1.54, 1.807) is 18.2 Å². The van der Waals surface area contributed by atoms with E-state index in [9.17, 15) is 4.79 Å². The first-order chi connectivity index (χ1) is 6.52. The number of carbonyl (C=O) groups is 2. The molecule has 5 heteroatoms. The average Bonchev–Trinajstić information content (AvgIpc) is 2.02. The summed E-state index contributed by atoms with van der Waals surface area (Å²) in [4.78, 5) is 19.4. The van der Waals surface area contributed by atoms with Crippen LogP contribution in [0, 0.1) is 0 Å². The van der Waals surface area contributed by atoms with Gasteiger partial charge in [0.15, 0.2) is 0 Å². The van der Waals surface area contributed by atoms with E-state index in [-0.39, 0.29) is 0 Å². The van der Waals surface area contributed by atoms with Crippen LogP contribution in [0.4, 0.5) is 0 Å². The minimum absolute atomic E-state index is 0.294. The van der Waals surface area contributed by atoms with Gasteiger partial charge in [-0.1, -0.05) is 6.07 Å². The molecule has 0 spiro atoms. The summed E-state index contributed by atoms with van der Waals surface area (Å²) < 4.78 is 4.92. The Morgan fingerprint density at radius 1 is 1.21 bits per heavy atom. The van der Waals surface area contributed by atoms with Crippen molar-refractivity contribution in [3.63, 3.8) is 0 Å². The maximum absolute atomic E-state index is 10.4. The lowest BCUT2D eigenvalue weighted by Crippen LogP contribution is -2.10. The van der Waals surface area contributed by atoms with Crippen LogP contribution in [0.15, 0.2) is 18.2 Å². The second-order valence-electron chi connectivity index (χ2n) is 2.56. The van der Waals surface area contributed by atoms with Crippen LogP contribution < -0.4 is 4.74 Å². The zero-order valence-corrected chi connectivity index (χ0v) is 7.35. The maximum Gasteiger partial charge on any atom is 0.343 e. The quantitative estimate of drug-likeness (QED) is 0.723. The minimum Gasteiger partial charge on any atom is -0.481 e. The van der Waals surface area contributed by atoms with Crippen LogP contribution >= 0.6 is 0 Å². The number of hydrogen-bond acceptors (Lipinski definition) is 3. The Morgan fingerprint density at radius 2 is 1.64 bits per heavy atom. The summed E-state index contributed by atoms with van der Waals surface area (Å²) in [5.41, 5.74) is 0.294. The van der Waals surface area contributed by atoms with Crippen molar-refractivity contribution >= 4 is 11.9 Å². The Bertz CT molecular complexity index is 359. The highest BCUT2D eigenvalue weighted by Gasteiger charge is 2.26. The second-order valence-corrected chi connectivity index (χ2v) is 2.56. The van der Waals surface area contributed by atoms with Crippen molar-refractivity contribution in [1.29, 1.82) is 0 Å². The zero-order chi connectivity index (χ0) is 10.7. The van der Waals surface area contributed by atoms with Gasteiger partial charge >= 0.3 is 5.97 Å². The molecule has 3 rings (SSSR count). The van der Waals surface area contributed by atoms with E-state index in [2.05, 4.69) is 0 Å². The fraction of sp³-hybridized carbons (Fsp3) is 0.111. The first-order valence-electron chi connectivity index (χ1n) is 3.76. The van der Waals surface area contributed by atoms with Gasteiger partial charge in [0.1, 0.15) is 17.1 Å². The summed E-state index contributed by atoms with van der Waals surface area (Å²) in [7, 11) is 0. The summed E-state index contributed by atoms with van der Waals surface area (Å²) in [5, 5.41) is 15.9. The highest BCUT2D eigenvalue weighted by molar-refractivity contribution is 5.97. The molecule has 1 aromatic carbocycles. The molecular formula is C9H8O5. The van der Waals surface area contributed by atoms with Gasteiger partial charge in [-0.2, -0.15) is 0 Å². The average molecular weight is 196 g/mol. The molecule has 1 aromatic rings. The van der Waals surface area contributed by atoms with Crippen molar-refractivity contribution in [2.24, 2.45) is 0 Å². The van der Waals surface area contributed by atoms with Gasteiger partial charge in [0.2, 0.25) is 0 Å². The van der Waals surface area contributed by atoms with E-state index >= 15 is 0 Å². The lowest BCUT2D eigenvalue weighted by atomic mass is 10.1. The Labute approximate surface area is 79.6 Å². The monoisotopic (exact) mass is 196 g/mol. The molecule has 2 aliphatic heterocycles. The van der Waals surface area contributed by atoms with Gasteiger partial charge in [0.25, 0.3) is 5.97 Å². The van der Waals surface area contributed by atoms with Gasteiger partial charge in [-0.15, -0.1) is 0 Å². The molecule has 74 valence electrons. The standard InChI is InChI=1S/C7H4O3.C2H4O2/c8-7(9)6-4-2-1-3-5(6)10-4;1-2(3)4/h1-3H,(H,8,9);1H3,(H,3,4). The Balaban J connectivity index is 0.000000213. The number of benzene rings is 1. The molecule has 2 bridgehead atoms. The summed E-state index contributed by atoms with van der Waals surface area (Å²) >= 11 is 0. The second kappa shape index (κ2) is 3.78. The highest BCUT2D eigenvalue weighted by atomic mass is 16.5. The van der Waals surface area contributed by atoms with Gasteiger partial charge in [-0.05, 0) is 12.1 Å². The number of aliphatic carboxylic acids is 1. The number of rotatable bonds is 1. The normalized spacial score (nSPS) is 10.1. The minimum atomic E-state index is -0.920. The molecule has 0 fully saturated rings. The van der Waals surface area contributed by atoms with Crippen molar-refractivity contribution in [2.45, 2.75) is 6.92 Å². The Hall–Kier alpha value is -2.04. The molecule has 2 heterocycles. The van der Waals surface area contributed by atoms with E-state index in [1.165, 1.54) is 0 Å². The van der Waals surface area contributed by atoms with Crippen molar-refractivity contribution < 1.29 is 24.5 Å². The number of carboxylic acids is 2. The van der Waals surface area contributed by atoms with E-state index in [0.29, 0.717) is 17.1 Å². The van der Waals surface area contributed by atoms with Crippen LogP contribution in [0.3, 0.4) is 0 Å². The first kappa shape index (κ1) is 10.0. The SMILES string of the molecule is CC(=O)O.O=C(O)c1c2cccc1O2. The topological polar surface area (TPSA) is 83.8 Å². The van der Waals surface area contributed by atoms with Gasteiger partial charge in [-0.25, -0.2) is 4.79 Å². The number of ether oxygens (including phenoxy) is 1. The predicted molar refractivity (Wildman–Crippen MR) is 46.8 cm³/mol. The Morgan fingerprint density at radius 3 is 1.86 bits per heavy atom. The maximum atomic E-state index is 10.4. The molecule has 5 nitrogen and oxygen atoms in total. The van der Waals surface area contributed by atoms with Crippen LogP contribution in [-0.4, -0.2) is 22.2 Å². The van der Waals surface area contributed by atoms with Gasteiger partial charge in [0.05, 0.1) is 0 Å². The Kier molecular flexibility index (Phi) is 2.71. The number of hydrogen-bond donors (Lipinski definition) is 2. The molecule has 0 atom stereocenters. The third-order valence-electron chi connectivity index (χ3n) is 1.42. The van der Waals surface area contributed by atoms with Crippen molar-refractivity contribution in [2.75, 3.05) is 0 Å². The van der Waals surface area contributed by atoms with Crippen molar-refractivity contribution in [3.8, 4) is 11.5 Å². The fourth-order valence-corrected chi connectivity index (χ4v) is 0.964. The van der Waals surface area contributed by atoms with Crippen LogP contribution in [0.5, 0.6) is 11.5 Å². The van der Waals surface area contributed by atoms with Crippen LogP contribution in [-0.2, 0) is 4.79 Å². The van der Waals surface area contributed by atoms with Gasteiger partial charge in [-0.3, -0.25) is 4.79 Å². The predicted octanol–water partition coefficient (Wildman–Crippen LogP) is 1.58. The molecule has 0 aromatic heterocycles. The molecular weight excluding hydrogens is 188 g/mol. The van der Waals surface area contributed by atoms with Gasteiger partial charge < -0.3 is 14.9 Å². The largest absolute Gasteiger partial charge is 0.481 e. The third-order valence-corrected chi connectivity index (χ3v) is 1.42. The van der Waals surface area contributed by atoms with Crippen LogP contribution in [0.25, 0.3) is 0 Å². The van der Waals surface area contributed by atoms with Crippen LogP contribution in [0.1, 0.15) is 17.3 Å². The summed E-state index contributed by atoms with van der Waals surface area (Å²) in [6.07, 6.45) is 0. The lowest BCUT2D eigenvalue weighted by molar-refractivity contribution is -0.134. The molecule has 0 saturated carbocycles. The number of fused-ring (bicyclic) bond motifs is 2. The molecule has 0 saturated heterocycles. The van der Waals surface area contributed by atoms with Crippen molar-refractivity contribution in [3.05, 3.63) is 23.8 Å². The van der Waals surface area contributed by atoms with Crippen LogP contribution in [0.2, 0.25) is 0 Å². The molecule has 0 amide bonds. The third kappa shape index (κ3) is 2.01. The highest BCUT2D eigenvalue weighted by Crippen LogP contribution is 2.41. The summed E-state index contributed by atoms with van der Waals surface area (Å²) in [6, 6.07) is 5.04. The number of carboxylic acid groups (broad SMARTS) is 2. The molecule has 2 aliphatic rings. The zero-order valence-electron chi connectivity index (χ0n) is 7.35. The molecule has 0 unspecified atom stereocenters. The van der Waals surface area contributed by atoms with Crippen molar-refractivity contribution in [1.82, 2.24) is 0 Å². The van der Waals surface area contributed by atoms with E-state index < -0.39 is 11.9 Å².